The van der Waals surface area contributed by atoms with E-state index in [0.717, 1.165) is 50.9 Å². The monoisotopic (exact) mass is 295 g/mol. The van der Waals surface area contributed by atoms with Crippen LogP contribution < -0.4 is 0 Å². The summed E-state index contributed by atoms with van der Waals surface area (Å²) in [6.07, 6.45) is 5.80. The second-order valence-electron chi connectivity index (χ2n) is 5.60. The SMILES string of the molecule is O=C(O)C1c2ccsc2CCN1CCCC1CCCO1. The summed E-state index contributed by atoms with van der Waals surface area (Å²) in [7, 11) is 0. The smallest absolute Gasteiger partial charge is 0.325 e. The Morgan fingerprint density at radius 3 is 3.20 bits per heavy atom. The van der Waals surface area contributed by atoms with Crippen LogP contribution in [0.25, 0.3) is 0 Å². The van der Waals surface area contributed by atoms with Crippen LogP contribution in [0.5, 0.6) is 0 Å². The van der Waals surface area contributed by atoms with Crippen molar-refractivity contribution in [3.8, 4) is 0 Å². The molecule has 20 heavy (non-hydrogen) atoms. The molecule has 4 nitrogen and oxygen atoms in total. The van der Waals surface area contributed by atoms with E-state index in [0.29, 0.717) is 6.10 Å². The highest BCUT2D eigenvalue weighted by molar-refractivity contribution is 7.10. The molecule has 0 saturated carbocycles. The Labute approximate surface area is 123 Å². The van der Waals surface area contributed by atoms with Crippen LogP contribution in [0.1, 0.15) is 42.2 Å². The summed E-state index contributed by atoms with van der Waals surface area (Å²) in [4.78, 5) is 14.9. The number of aliphatic carboxylic acids is 1. The molecule has 1 aromatic rings. The summed E-state index contributed by atoms with van der Waals surface area (Å²) in [5, 5.41) is 11.5. The number of carboxylic acid groups (broad SMARTS) is 1. The van der Waals surface area contributed by atoms with Gasteiger partial charge in [-0.25, -0.2) is 0 Å². The Kier molecular flexibility index (Phi) is 4.38. The minimum Gasteiger partial charge on any atom is -0.480 e. The highest BCUT2D eigenvalue weighted by Crippen LogP contribution is 2.33. The molecule has 0 aliphatic carbocycles. The van der Waals surface area contributed by atoms with Gasteiger partial charge in [-0.05, 0) is 55.7 Å². The first-order valence-corrected chi connectivity index (χ1v) is 8.28. The second kappa shape index (κ2) is 6.24. The molecule has 2 unspecified atom stereocenters. The Hall–Kier alpha value is -0.910. The minimum absolute atomic E-state index is 0.403. The van der Waals surface area contributed by atoms with E-state index in [4.69, 9.17) is 4.74 Å². The first-order chi connectivity index (χ1) is 9.75. The molecule has 3 rings (SSSR count). The van der Waals surface area contributed by atoms with E-state index in [-0.39, 0.29) is 0 Å². The highest BCUT2D eigenvalue weighted by atomic mass is 32.1. The van der Waals surface area contributed by atoms with Gasteiger partial charge in [-0.15, -0.1) is 11.3 Å². The number of nitrogens with zero attached hydrogens (tertiary/aromatic N) is 1. The summed E-state index contributed by atoms with van der Waals surface area (Å²) in [6, 6.07) is 1.53. The molecule has 0 bridgehead atoms. The standard InChI is InChI=1S/C15H21NO3S/c17-15(18)14-12-6-10-20-13(12)5-8-16(14)7-1-3-11-4-2-9-19-11/h6,10-11,14H,1-5,7-9H2,(H,17,18). The largest absolute Gasteiger partial charge is 0.480 e. The lowest BCUT2D eigenvalue weighted by Crippen LogP contribution is -2.39. The van der Waals surface area contributed by atoms with Crippen LogP contribution >= 0.6 is 11.3 Å². The normalized spacial score (nSPS) is 26.6. The maximum absolute atomic E-state index is 11.6. The van der Waals surface area contributed by atoms with Gasteiger partial charge in [-0.3, -0.25) is 9.69 Å². The van der Waals surface area contributed by atoms with Gasteiger partial charge in [0.2, 0.25) is 0 Å². The van der Waals surface area contributed by atoms with Crippen LogP contribution in [-0.2, 0) is 16.0 Å². The summed E-state index contributed by atoms with van der Waals surface area (Å²) >= 11 is 1.68. The van der Waals surface area contributed by atoms with Crippen molar-refractivity contribution in [1.82, 2.24) is 4.90 Å². The van der Waals surface area contributed by atoms with Gasteiger partial charge in [0.15, 0.2) is 0 Å². The van der Waals surface area contributed by atoms with Gasteiger partial charge >= 0.3 is 5.97 Å². The topological polar surface area (TPSA) is 49.8 Å². The van der Waals surface area contributed by atoms with Gasteiger partial charge in [0, 0.05) is 18.0 Å². The van der Waals surface area contributed by atoms with E-state index in [1.165, 1.54) is 11.3 Å². The number of hydrogen-bond donors (Lipinski definition) is 1. The van der Waals surface area contributed by atoms with Crippen LogP contribution in [0.15, 0.2) is 11.4 Å². The molecule has 1 N–H and O–H groups in total. The summed E-state index contributed by atoms with van der Waals surface area (Å²) < 4.78 is 5.63. The maximum atomic E-state index is 11.6. The molecule has 1 fully saturated rings. The molecule has 1 aromatic heterocycles. The third-order valence-electron chi connectivity index (χ3n) is 4.30. The zero-order chi connectivity index (χ0) is 13.9. The Balaban J connectivity index is 1.59. The van der Waals surface area contributed by atoms with Gasteiger partial charge in [0.1, 0.15) is 6.04 Å². The zero-order valence-electron chi connectivity index (χ0n) is 11.6. The first kappa shape index (κ1) is 14.0. The summed E-state index contributed by atoms with van der Waals surface area (Å²) in [6.45, 7) is 2.60. The van der Waals surface area contributed by atoms with Crippen molar-refractivity contribution >= 4 is 17.3 Å². The number of fused-ring (bicyclic) bond motifs is 1. The van der Waals surface area contributed by atoms with Crippen LogP contribution in [0.2, 0.25) is 0 Å². The lowest BCUT2D eigenvalue weighted by Gasteiger charge is -2.33. The molecule has 3 heterocycles. The van der Waals surface area contributed by atoms with E-state index < -0.39 is 12.0 Å². The Bertz CT molecular complexity index is 467. The minimum atomic E-state index is -0.721. The Morgan fingerprint density at radius 1 is 1.55 bits per heavy atom. The molecule has 0 spiro atoms. The van der Waals surface area contributed by atoms with E-state index in [2.05, 4.69) is 4.90 Å². The third kappa shape index (κ3) is 2.90. The zero-order valence-corrected chi connectivity index (χ0v) is 12.4. The van der Waals surface area contributed by atoms with Crippen molar-refractivity contribution in [2.24, 2.45) is 0 Å². The van der Waals surface area contributed by atoms with Crippen LogP contribution in [0, 0.1) is 0 Å². The maximum Gasteiger partial charge on any atom is 0.325 e. The van der Waals surface area contributed by atoms with Crippen molar-refractivity contribution in [3.05, 3.63) is 21.9 Å². The lowest BCUT2D eigenvalue weighted by atomic mass is 9.99. The van der Waals surface area contributed by atoms with Crippen LogP contribution in [-0.4, -0.2) is 41.8 Å². The molecule has 0 amide bonds. The predicted molar refractivity (Wildman–Crippen MR) is 78.2 cm³/mol. The number of carbonyl (C=O) groups is 1. The predicted octanol–water partition coefficient (Wildman–Crippen LogP) is 2.69. The van der Waals surface area contributed by atoms with E-state index in [1.54, 1.807) is 11.3 Å². The fraction of sp³-hybridized carbons (Fsp3) is 0.667. The molecule has 110 valence electrons. The fourth-order valence-electron chi connectivity index (χ4n) is 3.29. The molecule has 2 aliphatic rings. The van der Waals surface area contributed by atoms with Crippen molar-refractivity contribution in [1.29, 1.82) is 0 Å². The number of hydrogen-bond acceptors (Lipinski definition) is 4. The van der Waals surface area contributed by atoms with Crippen molar-refractivity contribution in [2.45, 2.75) is 44.2 Å². The van der Waals surface area contributed by atoms with Crippen molar-refractivity contribution < 1.29 is 14.6 Å². The molecule has 1 saturated heterocycles. The molecular weight excluding hydrogens is 274 g/mol. The number of rotatable bonds is 5. The van der Waals surface area contributed by atoms with Gasteiger partial charge in [-0.1, -0.05) is 0 Å². The van der Waals surface area contributed by atoms with Gasteiger partial charge in [-0.2, -0.15) is 0 Å². The van der Waals surface area contributed by atoms with Crippen LogP contribution in [0.4, 0.5) is 0 Å². The van der Waals surface area contributed by atoms with Crippen molar-refractivity contribution in [3.63, 3.8) is 0 Å². The molecule has 2 aliphatic heterocycles. The Morgan fingerprint density at radius 2 is 2.45 bits per heavy atom. The van der Waals surface area contributed by atoms with Crippen molar-refractivity contribution in [2.75, 3.05) is 19.7 Å². The van der Waals surface area contributed by atoms with E-state index in [1.807, 2.05) is 11.4 Å². The summed E-state index contributed by atoms with van der Waals surface area (Å²) in [5.41, 5.74) is 1.01. The highest BCUT2D eigenvalue weighted by Gasteiger charge is 2.33. The first-order valence-electron chi connectivity index (χ1n) is 7.40. The second-order valence-corrected chi connectivity index (χ2v) is 6.60. The molecular formula is C15H21NO3S. The van der Waals surface area contributed by atoms with Gasteiger partial charge in [0.25, 0.3) is 0 Å². The lowest BCUT2D eigenvalue weighted by molar-refractivity contribution is -0.144. The molecule has 0 aromatic carbocycles. The average Bonchev–Trinajstić information content (AvgIpc) is 3.07. The fourth-order valence-corrected chi connectivity index (χ4v) is 4.20. The molecule has 5 heteroatoms. The van der Waals surface area contributed by atoms with E-state index in [9.17, 15) is 9.90 Å². The van der Waals surface area contributed by atoms with Gasteiger partial charge in [0.05, 0.1) is 6.10 Å². The van der Waals surface area contributed by atoms with Crippen LogP contribution in [0.3, 0.4) is 0 Å². The molecule has 2 atom stereocenters. The number of ether oxygens (including phenoxy) is 1. The summed E-state index contributed by atoms with van der Waals surface area (Å²) in [5.74, 6) is -0.721. The van der Waals surface area contributed by atoms with Gasteiger partial charge < -0.3 is 9.84 Å². The van der Waals surface area contributed by atoms with E-state index >= 15 is 0 Å². The number of thiophene rings is 1. The molecule has 0 radical (unpaired) electrons. The third-order valence-corrected chi connectivity index (χ3v) is 5.29. The average molecular weight is 295 g/mol. The quantitative estimate of drug-likeness (QED) is 0.907. The number of carboxylic acids is 1.